The Morgan fingerprint density at radius 3 is 2.60 bits per heavy atom. The molecule has 3 atom stereocenters. The average molecular weight is 281 g/mol. The van der Waals surface area contributed by atoms with Gasteiger partial charge in [0.2, 0.25) is 0 Å². The summed E-state index contributed by atoms with van der Waals surface area (Å²) in [5.74, 6) is 1.92. The number of hydrogen-bond acceptors (Lipinski definition) is 2. The van der Waals surface area contributed by atoms with Crippen LogP contribution in [0.15, 0.2) is 0 Å². The van der Waals surface area contributed by atoms with Gasteiger partial charge in [0.25, 0.3) is 0 Å². The molecule has 1 heterocycles. The fourth-order valence-corrected chi connectivity index (χ4v) is 4.11. The van der Waals surface area contributed by atoms with E-state index in [0.717, 1.165) is 23.9 Å². The van der Waals surface area contributed by atoms with Crippen molar-refractivity contribution < 1.29 is 0 Å². The molecule has 2 rings (SSSR count). The van der Waals surface area contributed by atoms with E-state index in [1.165, 1.54) is 71.0 Å². The fourth-order valence-electron chi connectivity index (χ4n) is 4.11. The van der Waals surface area contributed by atoms with Crippen LogP contribution in [0, 0.1) is 11.8 Å². The summed E-state index contributed by atoms with van der Waals surface area (Å²) in [4.78, 5) is 2.64. The first-order chi connectivity index (χ1) is 9.69. The third-order valence-electron chi connectivity index (χ3n) is 5.53. The number of nitrogens with one attached hydrogen (secondary N) is 1. The number of hydrogen-bond donors (Lipinski definition) is 1. The molecule has 0 bridgehead atoms. The van der Waals surface area contributed by atoms with Gasteiger partial charge < -0.3 is 10.2 Å². The Kier molecular flexibility index (Phi) is 6.83. The summed E-state index contributed by atoms with van der Waals surface area (Å²) >= 11 is 0. The third-order valence-corrected chi connectivity index (χ3v) is 5.53. The summed E-state index contributed by atoms with van der Waals surface area (Å²) in [6.45, 7) is 10.9. The van der Waals surface area contributed by atoms with Gasteiger partial charge in [0.15, 0.2) is 0 Å². The molecule has 1 saturated heterocycles. The van der Waals surface area contributed by atoms with E-state index in [4.69, 9.17) is 0 Å². The Hall–Kier alpha value is -0.0800. The van der Waals surface area contributed by atoms with E-state index in [0.29, 0.717) is 0 Å². The van der Waals surface area contributed by atoms with E-state index in [1.54, 1.807) is 0 Å². The van der Waals surface area contributed by atoms with Crippen LogP contribution in [0.25, 0.3) is 0 Å². The van der Waals surface area contributed by atoms with Crippen LogP contribution in [0.2, 0.25) is 0 Å². The van der Waals surface area contributed by atoms with Gasteiger partial charge in [-0.05, 0) is 64.5 Å². The van der Waals surface area contributed by atoms with E-state index in [-0.39, 0.29) is 0 Å². The standard InChI is InChI=1S/C18H36N2/c1-4-6-16-7-5-8-18(10-9-16)19-13-17-11-12-20(14-17)15(2)3/h15-19H,4-14H2,1-3H3. The van der Waals surface area contributed by atoms with Crippen molar-refractivity contribution in [1.29, 1.82) is 0 Å². The molecule has 2 heteroatoms. The zero-order valence-corrected chi connectivity index (χ0v) is 14.0. The molecule has 2 nitrogen and oxygen atoms in total. The molecule has 2 aliphatic rings. The van der Waals surface area contributed by atoms with Gasteiger partial charge in [-0.1, -0.05) is 32.6 Å². The number of likely N-dealkylation sites (tertiary alicyclic amines) is 1. The molecule has 0 aromatic heterocycles. The van der Waals surface area contributed by atoms with Gasteiger partial charge in [-0.25, -0.2) is 0 Å². The molecule has 2 fully saturated rings. The normalized spacial score (nSPS) is 32.7. The summed E-state index contributed by atoms with van der Waals surface area (Å²) in [7, 11) is 0. The molecule has 0 amide bonds. The Morgan fingerprint density at radius 1 is 1.05 bits per heavy atom. The highest BCUT2D eigenvalue weighted by molar-refractivity contribution is 4.81. The van der Waals surface area contributed by atoms with Crippen LogP contribution in [0.1, 0.15) is 72.1 Å². The largest absolute Gasteiger partial charge is 0.314 e. The highest BCUT2D eigenvalue weighted by Gasteiger charge is 2.25. The number of nitrogens with zero attached hydrogens (tertiary/aromatic N) is 1. The lowest BCUT2D eigenvalue weighted by Gasteiger charge is -2.22. The Morgan fingerprint density at radius 2 is 1.90 bits per heavy atom. The van der Waals surface area contributed by atoms with Crippen molar-refractivity contribution in [3.05, 3.63) is 0 Å². The van der Waals surface area contributed by atoms with E-state index < -0.39 is 0 Å². The molecule has 0 aromatic rings. The summed E-state index contributed by atoms with van der Waals surface area (Å²) < 4.78 is 0. The van der Waals surface area contributed by atoms with Crippen molar-refractivity contribution in [2.45, 2.75) is 84.2 Å². The maximum Gasteiger partial charge on any atom is 0.00672 e. The summed E-state index contributed by atoms with van der Waals surface area (Å²) in [6, 6.07) is 1.54. The first kappa shape index (κ1) is 16.3. The predicted octanol–water partition coefficient (Wildman–Crippen LogP) is 4.06. The van der Waals surface area contributed by atoms with E-state index in [1.807, 2.05) is 0 Å². The highest BCUT2D eigenvalue weighted by Crippen LogP contribution is 2.27. The van der Waals surface area contributed by atoms with Crippen LogP contribution in [0.4, 0.5) is 0 Å². The fraction of sp³-hybridized carbons (Fsp3) is 1.00. The van der Waals surface area contributed by atoms with Crippen molar-refractivity contribution in [3.8, 4) is 0 Å². The van der Waals surface area contributed by atoms with Gasteiger partial charge in [0, 0.05) is 18.6 Å². The summed E-state index contributed by atoms with van der Waals surface area (Å²) in [6.07, 6.45) is 11.5. The van der Waals surface area contributed by atoms with E-state index >= 15 is 0 Å². The molecule has 1 aliphatic heterocycles. The smallest absolute Gasteiger partial charge is 0.00672 e. The van der Waals surface area contributed by atoms with Gasteiger partial charge in [0.1, 0.15) is 0 Å². The highest BCUT2D eigenvalue weighted by atomic mass is 15.2. The molecular weight excluding hydrogens is 244 g/mol. The van der Waals surface area contributed by atoms with Gasteiger partial charge in [-0.2, -0.15) is 0 Å². The second-order valence-electron chi connectivity index (χ2n) is 7.51. The van der Waals surface area contributed by atoms with E-state index in [9.17, 15) is 0 Å². The molecule has 118 valence electrons. The van der Waals surface area contributed by atoms with Crippen molar-refractivity contribution in [2.75, 3.05) is 19.6 Å². The molecular formula is C18H36N2. The maximum atomic E-state index is 3.90. The topological polar surface area (TPSA) is 15.3 Å². The second-order valence-corrected chi connectivity index (χ2v) is 7.51. The molecule has 0 spiro atoms. The molecule has 3 unspecified atom stereocenters. The lowest BCUT2D eigenvalue weighted by molar-refractivity contribution is 0.262. The van der Waals surface area contributed by atoms with Crippen LogP contribution in [-0.2, 0) is 0 Å². The van der Waals surface area contributed by atoms with Crippen LogP contribution in [0.3, 0.4) is 0 Å². The van der Waals surface area contributed by atoms with Crippen LogP contribution in [-0.4, -0.2) is 36.6 Å². The third kappa shape index (κ3) is 5.04. The van der Waals surface area contributed by atoms with Crippen molar-refractivity contribution in [1.82, 2.24) is 10.2 Å². The molecule has 1 saturated carbocycles. The molecule has 20 heavy (non-hydrogen) atoms. The van der Waals surface area contributed by atoms with Crippen molar-refractivity contribution in [2.24, 2.45) is 11.8 Å². The molecule has 1 N–H and O–H groups in total. The molecule has 0 radical (unpaired) electrons. The van der Waals surface area contributed by atoms with Crippen LogP contribution < -0.4 is 5.32 Å². The van der Waals surface area contributed by atoms with Crippen molar-refractivity contribution >= 4 is 0 Å². The van der Waals surface area contributed by atoms with Crippen LogP contribution >= 0.6 is 0 Å². The minimum Gasteiger partial charge on any atom is -0.314 e. The van der Waals surface area contributed by atoms with Crippen molar-refractivity contribution in [3.63, 3.8) is 0 Å². The maximum absolute atomic E-state index is 3.90. The quantitative estimate of drug-likeness (QED) is 0.738. The minimum absolute atomic E-state index is 0.729. The van der Waals surface area contributed by atoms with Gasteiger partial charge >= 0.3 is 0 Å². The lowest BCUT2D eigenvalue weighted by atomic mass is 9.95. The van der Waals surface area contributed by atoms with Crippen LogP contribution in [0.5, 0.6) is 0 Å². The molecule has 1 aliphatic carbocycles. The molecule has 0 aromatic carbocycles. The lowest BCUT2D eigenvalue weighted by Crippen LogP contribution is -2.35. The first-order valence-electron chi connectivity index (χ1n) is 9.16. The number of rotatable bonds is 6. The first-order valence-corrected chi connectivity index (χ1v) is 9.16. The van der Waals surface area contributed by atoms with E-state index in [2.05, 4.69) is 31.0 Å². The zero-order chi connectivity index (χ0) is 14.4. The monoisotopic (exact) mass is 280 g/mol. The minimum atomic E-state index is 0.729. The summed E-state index contributed by atoms with van der Waals surface area (Å²) in [5.41, 5.74) is 0. The van der Waals surface area contributed by atoms with Gasteiger partial charge in [-0.15, -0.1) is 0 Å². The Balaban J connectivity index is 1.64. The Labute approximate surface area is 126 Å². The van der Waals surface area contributed by atoms with Gasteiger partial charge in [0.05, 0.1) is 0 Å². The predicted molar refractivity (Wildman–Crippen MR) is 88.1 cm³/mol. The second kappa shape index (κ2) is 8.38. The summed E-state index contributed by atoms with van der Waals surface area (Å²) in [5, 5.41) is 3.90. The zero-order valence-electron chi connectivity index (χ0n) is 14.0. The van der Waals surface area contributed by atoms with Gasteiger partial charge in [-0.3, -0.25) is 0 Å². The Bertz CT molecular complexity index is 264. The SMILES string of the molecule is CCCC1CCCC(NCC2CCN(C(C)C)C2)CC1. The average Bonchev–Trinajstić information content (AvgIpc) is 2.79.